The van der Waals surface area contributed by atoms with Crippen LogP contribution in [0.4, 0.5) is 10.5 Å². The van der Waals surface area contributed by atoms with E-state index in [0.29, 0.717) is 11.6 Å². The van der Waals surface area contributed by atoms with Gasteiger partial charge < -0.3 is 15.0 Å². The Balaban J connectivity index is 1.73. The summed E-state index contributed by atoms with van der Waals surface area (Å²) >= 11 is 6.24. The molecule has 2 aromatic carbocycles. The van der Waals surface area contributed by atoms with E-state index in [4.69, 9.17) is 16.3 Å². The second kappa shape index (κ2) is 9.52. The first-order valence-electron chi connectivity index (χ1n) is 10.3. The first-order valence-corrected chi connectivity index (χ1v) is 10.7. The summed E-state index contributed by atoms with van der Waals surface area (Å²) in [5.74, 6) is -0.0667. The number of likely N-dealkylation sites (N-methyl/N-ethyl adjacent to an activating group) is 1. The predicted molar refractivity (Wildman–Crippen MR) is 124 cm³/mol. The van der Waals surface area contributed by atoms with Crippen molar-refractivity contribution in [3.05, 3.63) is 64.2 Å². The summed E-state index contributed by atoms with van der Waals surface area (Å²) in [7, 11) is 1.75. The van der Waals surface area contributed by atoms with Crippen LogP contribution in [-0.4, -0.2) is 43.5 Å². The van der Waals surface area contributed by atoms with E-state index in [2.05, 4.69) is 16.4 Å². The van der Waals surface area contributed by atoms with Crippen molar-refractivity contribution in [3.63, 3.8) is 0 Å². The molecule has 1 aliphatic heterocycles. The molecule has 3 rings (SSSR count). The van der Waals surface area contributed by atoms with Crippen LogP contribution in [0.1, 0.15) is 43.9 Å². The van der Waals surface area contributed by atoms with Crippen molar-refractivity contribution in [1.29, 1.82) is 0 Å². The number of aliphatic imine (C=N–C) groups is 1. The molecule has 164 valence electrons. The number of carbonyl (C=O) groups excluding carboxylic acids is 2. The van der Waals surface area contributed by atoms with E-state index >= 15 is 0 Å². The Kier molecular flexibility index (Phi) is 7.01. The standard InChI is InChI=1S/C24H28ClN3O3/c1-24(2,3)31-23(30)26-12-6-8-16-7-5-9-17(13-16)22-19-14-18(25)10-11-20(19)28(4)21(29)15-27-22/h5,7,9-11,13-14H,6,8,12,15H2,1-4H3,(H,26,30). The Labute approximate surface area is 188 Å². The number of benzene rings is 2. The summed E-state index contributed by atoms with van der Waals surface area (Å²) in [5.41, 5.74) is 3.93. The molecule has 1 heterocycles. The van der Waals surface area contributed by atoms with Gasteiger partial charge in [-0.1, -0.05) is 29.8 Å². The molecule has 0 saturated carbocycles. The zero-order valence-electron chi connectivity index (χ0n) is 18.4. The van der Waals surface area contributed by atoms with E-state index in [9.17, 15) is 9.59 Å². The van der Waals surface area contributed by atoms with Crippen LogP contribution in [0.2, 0.25) is 5.02 Å². The number of carbonyl (C=O) groups is 2. The van der Waals surface area contributed by atoms with Crippen LogP contribution < -0.4 is 10.2 Å². The molecule has 0 fully saturated rings. The van der Waals surface area contributed by atoms with E-state index in [-0.39, 0.29) is 12.5 Å². The SMILES string of the molecule is CN1C(=O)CN=C(c2cccc(CCCNC(=O)OC(C)(C)C)c2)c2cc(Cl)ccc21. The number of hydrogen-bond acceptors (Lipinski definition) is 4. The molecule has 1 aliphatic rings. The summed E-state index contributed by atoms with van der Waals surface area (Å²) in [6.45, 7) is 6.13. The highest BCUT2D eigenvalue weighted by Crippen LogP contribution is 2.29. The second-order valence-corrected chi connectivity index (χ2v) is 8.95. The maximum absolute atomic E-state index is 12.4. The smallest absolute Gasteiger partial charge is 0.407 e. The van der Waals surface area contributed by atoms with E-state index in [1.54, 1.807) is 18.0 Å². The predicted octanol–water partition coefficient (Wildman–Crippen LogP) is 4.61. The van der Waals surface area contributed by atoms with Gasteiger partial charge in [0.25, 0.3) is 0 Å². The minimum absolute atomic E-state index is 0.0667. The van der Waals surface area contributed by atoms with Crippen molar-refractivity contribution in [2.75, 3.05) is 25.0 Å². The lowest BCUT2D eigenvalue weighted by Crippen LogP contribution is -2.33. The Morgan fingerprint density at radius 3 is 2.74 bits per heavy atom. The molecule has 0 saturated heterocycles. The van der Waals surface area contributed by atoms with E-state index < -0.39 is 11.7 Å². The Hall–Kier alpha value is -2.86. The highest BCUT2D eigenvalue weighted by molar-refractivity contribution is 6.32. The molecule has 0 aliphatic carbocycles. The first-order chi connectivity index (χ1) is 14.6. The zero-order valence-corrected chi connectivity index (χ0v) is 19.1. The van der Waals surface area contributed by atoms with Crippen molar-refractivity contribution in [2.24, 2.45) is 4.99 Å². The monoisotopic (exact) mass is 441 g/mol. The van der Waals surface area contributed by atoms with Gasteiger partial charge in [-0.15, -0.1) is 0 Å². The van der Waals surface area contributed by atoms with Crippen molar-refractivity contribution in [1.82, 2.24) is 5.32 Å². The van der Waals surface area contributed by atoms with Crippen LogP contribution in [0.3, 0.4) is 0 Å². The fraction of sp³-hybridized carbons (Fsp3) is 0.375. The van der Waals surface area contributed by atoms with Crippen molar-refractivity contribution in [3.8, 4) is 0 Å². The summed E-state index contributed by atoms with van der Waals surface area (Å²) in [6, 6.07) is 13.6. The Morgan fingerprint density at radius 1 is 1.23 bits per heavy atom. The molecule has 1 N–H and O–H groups in total. The number of halogens is 1. The normalized spacial score (nSPS) is 13.9. The van der Waals surface area contributed by atoms with Crippen LogP contribution in [-0.2, 0) is 16.0 Å². The number of ether oxygens (including phenoxy) is 1. The van der Waals surface area contributed by atoms with E-state index in [1.807, 2.05) is 51.1 Å². The minimum atomic E-state index is -0.507. The van der Waals surface area contributed by atoms with Gasteiger partial charge in [-0.3, -0.25) is 9.79 Å². The number of anilines is 1. The van der Waals surface area contributed by atoms with Crippen LogP contribution in [0.15, 0.2) is 47.5 Å². The topological polar surface area (TPSA) is 71.0 Å². The quantitative estimate of drug-likeness (QED) is 0.688. The number of rotatable bonds is 5. The van der Waals surface area contributed by atoms with Crippen LogP contribution in [0.25, 0.3) is 0 Å². The van der Waals surface area contributed by atoms with Crippen molar-refractivity contribution in [2.45, 2.75) is 39.2 Å². The maximum Gasteiger partial charge on any atom is 0.407 e. The maximum atomic E-state index is 12.4. The lowest BCUT2D eigenvalue weighted by Gasteiger charge is -2.19. The molecule has 31 heavy (non-hydrogen) atoms. The van der Waals surface area contributed by atoms with Gasteiger partial charge in [-0.25, -0.2) is 4.79 Å². The molecule has 0 spiro atoms. The average Bonchev–Trinajstić information content (AvgIpc) is 2.81. The molecule has 0 radical (unpaired) electrons. The first kappa shape index (κ1) is 22.8. The molecular weight excluding hydrogens is 414 g/mol. The number of benzodiazepines with no additional fused rings is 1. The molecule has 2 amide bonds. The van der Waals surface area contributed by atoms with E-state index in [0.717, 1.165) is 40.9 Å². The number of nitrogens with zero attached hydrogens (tertiary/aromatic N) is 2. The fourth-order valence-electron chi connectivity index (χ4n) is 3.38. The molecule has 0 aromatic heterocycles. The van der Waals surface area contributed by atoms with Gasteiger partial charge in [0.05, 0.1) is 11.4 Å². The molecule has 2 aromatic rings. The summed E-state index contributed by atoms with van der Waals surface area (Å²) in [6.07, 6.45) is 1.16. The molecule has 0 bridgehead atoms. The third kappa shape index (κ3) is 6.07. The minimum Gasteiger partial charge on any atom is -0.444 e. The van der Waals surface area contributed by atoms with Gasteiger partial charge >= 0.3 is 6.09 Å². The number of fused-ring (bicyclic) bond motifs is 1. The van der Waals surface area contributed by atoms with Crippen molar-refractivity contribution < 1.29 is 14.3 Å². The number of alkyl carbamates (subject to hydrolysis) is 1. The van der Waals surface area contributed by atoms with Gasteiger partial charge in [0, 0.05) is 29.7 Å². The van der Waals surface area contributed by atoms with Gasteiger partial charge in [0.15, 0.2) is 0 Å². The van der Waals surface area contributed by atoms with Crippen LogP contribution >= 0.6 is 11.6 Å². The molecule has 0 atom stereocenters. The Morgan fingerprint density at radius 2 is 2.00 bits per heavy atom. The number of amides is 2. The average molecular weight is 442 g/mol. The number of aryl methyl sites for hydroxylation is 1. The highest BCUT2D eigenvalue weighted by atomic mass is 35.5. The third-order valence-electron chi connectivity index (χ3n) is 4.83. The second-order valence-electron chi connectivity index (χ2n) is 8.51. The lowest BCUT2D eigenvalue weighted by molar-refractivity contribution is -0.116. The largest absolute Gasteiger partial charge is 0.444 e. The molecular formula is C24H28ClN3O3. The van der Waals surface area contributed by atoms with E-state index in [1.165, 1.54) is 0 Å². The number of hydrogen-bond donors (Lipinski definition) is 1. The highest BCUT2D eigenvalue weighted by Gasteiger charge is 2.23. The summed E-state index contributed by atoms with van der Waals surface area (Å²) < 4.78 is 5.25. The number of nitrogens with one attached hydrogen (secondary N) is 1. The Bertz CT molecular complexity index is 1010. The summed E-state index contributed by atoms with van der Waals surface area (Å²) in [4.78, 5) is 30.3. The lowest BCUT2D eigenvalue weighted by atomic mass is 9.97. The van der Waals surface area contributed by atoms with Crippen molar-refractivity contribution >= 4 is 35.0 Å². The van der Waals surface area contributed by atoms with Crippen LogP contribution in [0, 0.1) is 0 Å². The molecule has 6 nitrogen and oxygen atoms in total. The van der Waals surface area contributed by atoms with Gasteiger partial charge in [-0.2, -0.15) is 0 Å². The molecule has 7 heteroatoms. The molecule has 0 unspecified atom stereocenters. The van der Waals surface area contributed by atoms with Gasteiger partial charge in [-0.05, 0) is 63.4 Å². The van der Waals surface area contributed by atoms with Gasteiger partial charge in [0.1, 0.15) is 12.1 Å². The summed E-state index contributed by atoms with van der Waals surface area (Å²) in [5, 5.41) is 3.38. The van der Waals surface area contributed by atoms with Gasteiger partial charge in [0.2, 0.25) is 5.91 Å². The fourth-order valence-corrected chi connectivity index (χ4v) is 3.55. The third-order valence-corrected chi connectivity index (χ3v) is 5.07. The van der Waals surface area contributed by atoms with Crippen LogP contribution in [0.5, 0.6) is 0 Å². The zero-order chi connectivity index (χ0) is 22.6.